The number of hydrogen-bond acceptors (Lipinski definition) is 5. The summed E-state index contributed by atoms with van der Waals surface area (Å²) in [6.07, 6.45) is 0. The van der Waals surface area contributed by atoms with Gasteiger partial charge in [-0.3, -0.25) is 19.8 Å². The molecular weight excluding hydrogens is 238 g/mol. The summed E-state index contributed by atoms with van der Waals surface area (Å²) in [7, 11) is 1.35. The predicted octanol–water partition coefficient (Wildman–Crippen LogP) is -0.689. The molecule has 3 N–H and O–H groups in total. The Morgan fingerprint density at radius 3 is 2.50 bits per heavy atom. The van der Waals surface area contributed by atoms with E-state index >= 15 is 0 Å². The highest BCUT2D eigenvalue weighted by molar-refractivity contribution is 5.96. The van der Waals surface area contributed by atoms with Crippen LogP contribution in [0.3, 0.4) is 0 Å². The number of primary amides is 1. The smallest absolute Gasteiger partial charge is 0.318 e. The zero-order valence-electron chi connectivity index (χ0n) is 10.8. The number of amides is 3. The molecule has 0 spiro atoms. The van der Waals surface area contributed by atoms with Gasteiger partial charge in [0.25, 0.3) is 0 Å². The van der Waals surface area contributed by atoms with Crippen LogP contribution in [-0.4, -0.2) is 49.0 Å². The number of imide groups is 1. The minimum atomic E-state index is -0.872. The number of nitrogens with one attached hydrogen (secondary N) is 1. The Bertz CT molecular complexity index is 358. The van der Waals surface area contributed by atoms with Gasteiger partial charge in [0, 0.05) is 13.1 Å². The van der Waals surface area contributed by atoms with Gasteiger partial charge in [0.15, 0.2) is 0 Å². The molecule has 1 heterocycles. The van der Waals surface area contributed by atoms with Gasteiger partial charge < -0.3 is 10.5 Å². The van der Waals surface area contributed by atoms with Gasteiger partial charge in [-0.1, -0.05) is 6.92 Å². The first-order chi connectivity index (χ1) is 8.36. The quantitative estimate of drug-likeness (QED) is 0.652. The molecule has 1 rings (SSSR count). The van der Waals surface area contributed by atoms with Crippen molar-refractivity contribution in [2.24, 2.45) is 17.6 Å². The van der Waals surface area contributed by atoms with Crippen LogP contribution < -0.4 is 11.1 Å². The van der Waals surface area contributed by atoms with Gasteiger partial charge >= 0.3 is 12.0 Å². The third-order valence-electron chi connectivity index (χ3n) is 3.32. The van der Waals surface area contributed by atoms with Gasteiger partial charge in [-0.2, -0.15) is 0 Å². The second-order valence-corrected chi connectivity index (χ2v) is 4.59. The first-order valence-corrected chi connectivity index (χ1v) is 5.79. The van der Waals surface area contributed by atoms with E-state index < -0.39 is 18.0 Å². The van der Waals surface area contributed by atoms with Crippen LogP contribution in [0.15, 0.2) is 0 Å². The molecule has 1 saturated heterocycles. The van der Waals surface area contributed by atoms with Gasteiger partial charge in [-0.15, -0.1) is 0 Å². The highest BCUT2D eigenvalue weighted by Crippen LogP contribution is 2.25. The molecule has 1 fully saturated rings. The van der Waals surface area contributed by atoms with Gasteiger partial charge in [0.2, 0.25) is 5.91 Å². The summed E-state index contributed by atoms with van der Waals surface area (Å²) in [5, 5.41) is 2.03. The highest BCUT2D eigenvalue weighted by atomic mass is 16.5. The van der Waals surface area contributed by atoms with Crippen LogP contribution in [-0.2, 0) is 14.3 Å². The zero-order chi connectivity index (χ0) is 13.9. The minimum absolute atomic E-state index is 0.112. The lowest BCUT2D eigenvalue weighted by molar-refractivity contribution is -0.146. The van der Waals surface area contributed by atoms with Crippen molar-refractivity contribution in [3.8, 4) is 0 Å². The van der Waals surface area contributed by atoms with Crippen LogP contribution >= 0.6 is 0 Å². The van der Waals surface area contributed by atoms with E-state index in [1.165, 1.54) is 7.11 Å². The third kappa shape index (κ3) is 3.19. The van der Waals surface area contributed by atoms with E-state index in [0.29, 0.717) is 13.1 Å². The number of esters is 1. The fourth-order valence-electron chi connectivity index (χ4n) is 2.17. The molecule has 0 aromatic rings. The number of nitrogens with zero attached hydrogens (tertiary/aromatic N) is 1. The summed E-state index contributed by atoms with van der Waals surface area (Å²) >= 11 is 0. The first-order valence-electron chi connectivity index (χ1n) is 5.79. The summed E-state index contributed by atoms with van der Waals surface area (Å²) in [4.78, 5) is 35.6. The number of nitrogens with two attached hydrogens (primary N) is 1. The Kier molecular flexibility index (Phi) is 4.66. The average Bonchev–Trinajstić information content (AvgIpc) is 2.68. The lowest BCUT2D eigenvalue weighted by Crippen LogP contribution is -2.47. The van der Waals surface area contributed by atoms with E-state index in [4.69, 9.17) is 10.5 Å². The monoisotopic (exact) mass is 257 g/mol. The first kappa shape index (κ1) is 14.4. The largest absolute Gasteiger partial charge is 0.469 e. The molecule has 102 valence electrons. The molecule has 0 aromatic carbocycles. The van der Waals surface area contributed by atoms with Crippen molar-refractivity contribution in [1.29, 1.82) is 0 Å². The fraction of sp³-hybridized carbons (Fsp3) is 0.727. The molecule has 1 aliphatic heterocycles. The lowest BCUT2D eigenvalue weighted by atomic mass is 9.99. The molecule has 3 unspecified atom stereocenters. The molecule has 0 radical (unpaired) electrons. The summed E-state index contributed by atoms with van der Waals surface area (Å²) in [5.74, 6) is -0.854. The topological polar surface area (TPSA) is 102 Å². The Morgan fingerprint density at radius 2 is 2.00 bits per heavy atom. The molecule has 7 nitrogen and oxygen atoms in total. The van der Waals surface area contributed by atoms with E-state index in [2.05, 4.69) is 0 Å². The maximum absolute atomic E-state index is 11.6. The highest BCUT2D eigenvalue weighted by Gasteiger charge is 2.39. The molecule has 3 atom stereocenters. The molecule has 0 aliphatic carbocycles. The van der Waals surface area contributed by atoms with Crippen molar-refractivity contribution in [3.05, 3.63) is 0 Å². The standard InChI is InChI=1S/C11H19N3O4/c1-6-4-14(5-8(6)10(16)18-3)7(2)9(15)13-11(12)17/h6-8H,4-5H2,1-3H3,(H3,12,13,15,17). The van der Waals surface area contributed by atoms with Crippen LogP contribution in [0.4, 0.5) is 4.79 Å². The Balaban J connectivity index is 2.62. The number of hydrogen-bond donors (Lipinski definition) is 2. The van der Waals surface area contributed by atoms with E-state index in [0.717, 1.165) is 0 Å². The molecule has 0 saturated carbocycles. The van der Waals surface area contributed by atoms with Crippen LogP contribution in [0.25, 0.3) is 0 Å². The van der Waals surface area contributed by atoms with Gasteiger partial charge in [-0.25, -0.2) is 4.79 Å². The Morgan fingerprint density at radius 1 is 1.39 bits per heavy atom. The molecule has 1 aliphatic rings. The van der Waals surface area contributed by atoms with Crippen molar-refractivity contribution in [2.75, 3.05) is 20.2 Å². The maximum Gasteiger partial charge on any atom is 0.318 e. The number of urea groups is 1. The zero-order valence-corrected chi connectivity index (χ0v) is 10.8. The summed E-state index contributed by atoms with van der Waals surface area (Å²) in [6, 6.07) is -1.38. The second-order valence-electron chi connectivity index (χ2n) is 4.59. The fourth-order valence-corrected chi connectivity index (χ4v) is 2.17. The van der Waals surface area contributed by atoms with Gasteiger partial charge in [-0.05, 0) is 12.8 Å². The average molecular weight is 257 g/mol. The van der Waals surface area contributed by atoms with E-state index in [9.17, 15) is 14.4 Å². The number of methoxy groups -OCH3 is 1. The molecule has 18 heavy (non-hydrogen) atoms. The Labute approximate surface area is 106 Å². The number of ether oxygens (including phenoxy) is 1. The molecule has 0 bridgehead atoms. The van der Waals surface area contributed by atoms with E-state index in [-0.39, 0.29) is 17.8 Å². The van der Waals surface area contributed by atoms with Gasteiger partial charge in [0.05, 0.1) is 19.1 Å². The number of carbonyl (C=O) groups is 3. The van der Waals surface area contributed by atoms with Crippen molar-refractivity contribution < 1.29 is 19.1 Å². The molecule has 3 amide bonds. The number of likely N-dealkylation sites (tertiary alicyclic amines) is 1. The maximum atomic E-state index is 11.6. The Hall–Kier alpha value is -1.63. The van der Waals surface area contributed by atoms with Crippen LogP contribution in [0.5, 0.6) is 0 Å². The van der Waals surface area contributed by atoms with Crippen molar-refractivity contribution in [3.63, 3.8) is 0 Å². The summed E-state index contributed by atoms with van der Waals surface area (Å²) < 4.78 is 4.72. The van der Waals surface area contributed by atoms with Crippen LogP contribution in [0.1, 0.15) is 13.8 Å². The summed E-state index contributed by atoms with van der Waals surface area (Å²) in [5.41, 5.74) is 4.89. The normalized spacial score (nSPS) is 25.5. The predicted molar refractivity (Wildman–Crippen MR) is 63.4 cm³/mol. The van der Waals surface area contributed by atoms with Crippen molar-refractivity contribution in [2.45, 2.75) is 19.9 Å². The van der Waals surface area contributed by atoms with Crippen LogP contribution in [0, 0.1) is 11.8 Å². The lowest BCUT2D eigenvalue weighted by Gasteiger charge is -2.22. The minimum Gasteiger partial charge on any atom is -0.469 e. The van der Waals surface area contributed by atoms with Crippen LogP contribution in [0.2, 0.25) is 0 Å². The summed E-state index contributed by atoms with van der Waals surface area (Å²) in [6.45, 7) is 4.65. The van der Waals surface area contributed by atoms with Crippen molar-refractivity contribution >= 4 is 17.9 Å². The second kappa shape index (κ2) is 5.81. The number of carbonyl (C=O) groups excluding carboxylic acids is 3. The van der Waals surface area contributed by atoms with E-state index in [1.54, 1.807) is 6.92 Å². The SMILES string of the molecule is COC(=O)C1CN(C(C)C(=O)NC(N)=O)CC1C. The number of rotatable bonds is 3. The molecular formula is C11H19N3O4. The van der Waals surface area contributed by atoms with Crippen molar-refractivity contribution in [1.82, 2.24) is 10.2 Å². The van der Waals surface area contributed by atoms with E-state index in [1.807, 2.05) is 17.1 Å². The molecule has 0 aromatic heterocycles. The van der Waals surface area contributed by atoms with Gasteiger partial charge in [0.1, 0.15) is 0 Å². The third-order valence-corrected chi connectivity index (χ3v) is 3.32. The molecule has 7 heteroatoms.